The Morgan fingerprint density at radius 1 is 1.43 bits per heavy atom. The Morgan fingerprint density at radius 2 is 2.30 bits per heavy atom. The van der Waals surface area contributed by atoms with Gasteiger partial charge in [0.2, 0.25) is 0 Å². The van der Waals surface area contributed by atoms with Crippen LogP contribution in [0.5, 0.6) is 0 Å². The molecule has 1 N–H and O–H groups in total. The van der Waals surface area contributed by atoms with Crippen molar-refractivity contribution in [2.45, 2.75) is 51.5 Å². The highest BCUT2D eigenvalue weighted by molar-refractivity contribution is 6.29. The van der Waals surface area contributed by atoms with Crippen molar-refractivity contribution in [2.24, 2.45) is 0 Å². The third kappa shape index (κ3) is 5.99. The smallest absolute Gasteiger partial charge is 0.323 e. The number of nitrogens with one attached hydrogen (secondary N) is 1. The number of unbranched alkanes of at least 4 members (excludes halogenated alkanes) is 2. The van der Waals surface area contributed by atoms with Crippen LogP contribution in [0.4, 0.5) is 5.69 Å². The van der Waals surface area contributed by atoms with Crippen LogP contribution in [0.1, 0.15) is 45.4 Å². The molecule has 23 heavy (non-hydrogen) atoms. The normalized spacial score (nSPS) is 18.6. The number of rotatable bonds is 8. The number of likely N-dealkylation sites (tertiary alicyclic amines) is 1. The van der Waals surface area contributed by atoms with E-state index in [2.05, 4.69) is 22.1 Å². The molecule has 0 amide bonds. The Hall–Kier alpha value is -1.33. The van der Waals surface area contributed by atoms with E-state index in [0.29, 0.717) is 18.4 Å². The molecular weight excluding hydrogens is 314 g/mol. The lowest BCUT2D eigenvalue weighted by molar-refractivity contribution is -0.151. The first-order chi connectivity index (χ1) is 11.2. The van der Waals surface area contributed by atoms with Gasteiger partial charge in [0.25, 0.3) is 0 Å². The summed E-state index contributed by atoms with van der Waals surface area (Å²) in [6.45, 7) is 4.19. The summed E-state index contributed by atoms with van der Waals surface area (Å²) >= 11 is 5.79. The Kier molecular flexibility index (Phi) is 7.62. The monoisotopic (exact) mass is 339 g/mol. The molecule has 0 aromatic carbocycles. The van der Waals surface area contributed by atoms with Gasteiger partial charge in [-0.05, 0) is 31.4 Å². The number of carbonyl (C=O) groups excluding carboxylic acids is 1. The van der Waals surface area contributed by atoms with Crippen molar-refractivity contribution < 1.29 is 9.53 Å². The van der Waals surface area contributed by atoms with Crippen molar-refractivity contribution in [2.75, 3.05) is 25.1 Å². The van der Waals surface area contributed by atoms with Gasteiger partial charge < -0.3 is 10.1 Å². The van der Waals surface area contributed by atoms with Crippen molar-refractivity contribution in [1.82, 2.24) is 9.88 Å². The number of aromatic nitrogens is 1. The van der Waals surface area contributed by atoms with Crippen molar-refractivity contribution >= 4 is 23.3 Å². The molecule has 0 radical (unpaired) electrons. The minimum Gasteiger partial charge on any atom is -0.465 e. The summed E-state index contributed by atoms with van der Waals surface area (Å²) in [7, 11) is 0. The topological polar surface area (TPSA) is 54.5 Å². The minimum absolute atomic E-state index is 0.0863. The van der Waals surface area contributed by atoms with Crippen LogP contribution >= 0.6 is 11.6 Å². The molecule has 2 heterocycles. The molecule has 6 heteroatoms. The van der Waals surface area contributed by atoms with Gasteiger partial charge in [-0.25, -0.2) is 4.98 Å². The third-order valence-corrected chi connectivity index (χ3v) is 4.32. The molecule has 0 bridgehead atoms. The van der Waals surface area contributed by atoms with Crippen LogP contribution in [0.3, 0.4) is 0 Å². The van der Waals surface area contributed by atoms with E-state index < -0.39 is 0 Å². The van der Waals surface area contributed by atoms with Crippen LogP contribution in [0.25, 0.3) is 0 Å². The highest BCUT2D eigenvalue weighted by Crippen LogP contribution is 2.19. The minimum atomic E-state index is -0.141. The standard InChI is InChI=1S/C17H26ClN3O2/c1-2-3-6-11-23-17(22)15-7-4-5-10-21(15)13-20-14-8-9-16(18)19-12-14/h8-9,12,15,20H,2-7,10-11,13H2,1H3/t15-/m0/s1. The highest BCUT2D eigenvalue weighted by Gasteiger charge is 2.29. The Bertz CT molecular complexity index is 481. The largest absolute Gasteiger partial charge is 0.465 e. The molecule has 1 fully saturated rings. The molecule has 5 nitrogen and oxygen atoms in total. The predicted molar refractivity (Wildman–Crippen MR) is 92.6 cm³/mol. The first-order valence-corrected chi connectivity index (χ1v) is 8.84. The molecule has 1 atom stereocenters. The lowest BCUT2D eigenvalue weighted by Gasteiger charge is -2.34. The highest BCUT2D eigenvalue weighted by atomic mass is 35.5. The second kappa shape index (κ2) is 9.73. The lowest BCUT2D eigenvalue weighted by Crippen LogP contribution is -2.47. The molecule has 0 spiro atoms. The van der Waals surface area contributed by atoms with Crippen LogP contribution in [0.2, 0.25) is 5.15 Å². The van der Waals surface area contributed by atoms with Gasteiger partial charge >= 0.3 is 5.97 Å². The molecule has 128 valence electrons. The fraction of sp³-hybridized carbons (Fsp3) is 0.647. The number of anilines is 1. The second-order valence-corrected chi connectivity index (χ2v) is 6.29. The van der Waals surface area contributed by atoms with E-state index in [-0.39, 0.29) is 12.0 Å². The van der Waals surface area contributed by atoms with Gasteiger partial charge in [0, 0.05) is 6.54 Å². The molecule has 1 saturated heterocycles. The van der Waals surface area contributed by atoms with E-state index in [4.69, 9.17) is 16.3 Å². The molecule has 1 aromatic heterocycles. The quantitative estimate of drug-likeness (QED) is 0.444. The van der Waals surface area contributed by atoms with Gasteiger partial charge in [-0.1, -0.05) is 37.8 Å². The zero-order valence-corrected chi connectivity index (χ0v) is 14.5. The van der Waals surface area contributed by atoms with Gasteiger partial charge in [-0.3, -0.25) is 9.69 Å². The van der Waals surface area contributed by atoms with Crippen molar-refractivity contribution in [3.05, 3.63) is 23.5 Å². The molecule has 0 saturated carbocycles. The molecule has 1 aromatic rings. The summed E-state index contributed by atoms with van der Waals surface area (Å²) in [5.74, 6) is -0.0863. The molecule has 1 aliphatic heterocycles. The third-order valence-electron chi connectivity index (χ3n) is 4.09. The van der Waals surface area contributed by atoms with E-state index in [1.54, 1.807) is 12.3 Å². The van der Waals surface area contributed by atoms with Crippen LogP contribution < -0.4 is 5.32 Å². The summed E-state index contributed by atoms with van der Waals surface area (Å²) in [5, 5.41) is 3.77. The summed E-state index contributed by atoms with van der Waals surface area (Å²) in [6.07, 6.45) is 7.94. The first kappa shape index (κ1) is 18.0. The van der Waals surface area contributed by atoms with Gasteiger partial charge in [0.05, 0.1) is 25.2 Å². The van der Waals surface area contributed by atoms with Crippen LogP contribution in [0.15, 0.2) is 18.3 Å². The number of hydrogen-bond acceptors (Lipinski definition) is 5. The van der Waals surface area contributed by atoms with Crippen molar-refractivity contribution in [3.8, 4) is 0 Å². The molecular formula is C17H26ClN3O2. The maximum atomic E-state index is 12.3. The number of pyridine rings is 1. The Balaban J connectivity index is 1.82. The van der Waals surface area contributed by atoms with Crippen molar-refractivity contribution in [1.29, 1.82) is 0 Å². The van der Waals surface area contributed by atoms with E-state index in [9.17, 15) is 4.79 Å². The van der Waals surface area contributed by atoms with Crippen LogP contribution in [-0.4, -0.2) is 41.7 Å². The van der Waals surface area contributed by atoms with E-state index in [0.717, 1.165) is 50.8 Å². The fourth-order valence-corrected chi connectivity index (χ4v) is 2.85. The Morgan fingerprint density at radius 3 is 3.04 bits per heavy atom. The lowest BCUT2D eigenvalue weighted by atomic mass is 10.0. The molecule has 0 unspecified atom stereocenters. The zero-order valence-electron chi connectivity index (χ0n) is 13.8. The van der Waals surface area contributed by atoms with Gasteiger partial charge in [-0.15, -0.1) is 0 Å². The summed E-state index contributed by atoms with van der Waals surface area (Å²) < 4.78 is 5.44. The second-order valence-electron chi connectivity index (χ2n) is 5.90. The van der Waals surface area contributed by atoms with Gasteiger partial charge in [0.15, 0.2) is 0 Å². The predicted octanol–water partition coefficient (Wildman–Crippen LogP) is 3.69. The SMILES string of the molecule is CCCCCOC(=O)[C@@H]1CCCCN1CNc1ccc(Cl)nc1. The number of carbonyl (C=O) groups is 1. The van der Waals surface area contributed by atoms with E-state index >= 15 is 0 Å². The average molecular weight is 340 g/mol. The number of hydrogen-bond donors (Lipinski definition) is 1. The van der Waals surface area contributed by atoms with E-state index in [1.165, 1.54) is 0 Å². The van der Waals surface area contributed by atoms with Crippen LogP contribution in [-0.2, 0) is 9.53 Å². The maximum Gasteiger partial charge on any atom is 0.323 e. The van der Waals surface area contributed by atoms with Crippen LogP contribution in [0, 0.1) is 0 Å². The summed E-state index contributed by atoms with van der Waals surface area (Å²) in [6, 6.07) is 3.50. The van der Waals surface area contributed by atoms with Gasteiger partial charge in [-0.2, -0.15) is 0 Å². The number of piperidine rings is 1. The maximum absolute atomic E-state index is 12.3. The zero-order chi connectivity index (χ0) is 16.5. The molecule has 0 aliphatic carbocycles. The number of nitrogens with zero attached hydrogens (tertiary/aromatic N) is 2. The number of ether oxygens (including phenoxy) is 1. The van der Waals surface area contributed by atoms with Crippen molar-refractivity contribution in [3.63, 3.8) is 0 Å². The average Bonchev–Trinajstić information content (AvgIpc) is 2.58. The number of halogens is 1. The van der Waals surface area contributed by atoms with Gasteiger partial charge in [0.1, 0.15) is 11.2 Å². The molecule has 1 aliphatic rings. The number of esters is 1. The molecule has 2 rings (SSSR count). The fourth-order valence-electron chi connectivity index (χ4n) is 2.74. The summed E-state index contributed by atoms with van der Waals surface area (Å²) in [5.41, 5.74) is 0.898. The van der Waals surface area contributed by atoms with E-state index in [1.807, 2.05) is 6.07 Å². The first-order valence-electron chi connectivity index (χ1n) is 8.47. The Labute approximate surface area is 143 Å². The summed E-state index contributed by atoms with van der Waals surface area (Å²) in [4.78, 5) is 18.5.